The second-order valence-corrected chi connectivity index (χ2v) is 4.35. The van der Waals surface area contributed by atoms with Gasteiger partial charge in [0.2, 0.25) is 0 Å². The third-order valence-corrected chi connectivity index (χ3v) is 2.74. The van der Waals surface area contributed by atoms with Crippen molar-refractivity contribution in [1.29, 1.82) is 0 Å². The van der Waals surface area contributed by atoms with Gasteiger partial charge in [0.05, 0.1) is 0 Å². The average Bonchev–Trinajstić information content (AvgIpc) is 1.84. The number of hydrogen-bond acceptors (Lipinski definition) is 3. The van der Waals surface area contributed by atoms with Crippen LogP contribution in [0.1, 0.15) is 13.8 Å². The van der Waals surface area contributed by atoms with Gasteiger partial charge < -0.3 is 5.32 Å². The molecule has 0 rings (SSSR count). The van der Waals surface area contributed by atoms with Crippen LogP contribution in [0.15, 0.2) is 0 Å². The summed E-state index contributed by atoms with van der Waals surface area (Å²) < 4.78 is 23.2. The highest BCUT2D eigenvalue weighted by Crippen LogP contribution is 2.00. The Bertz CT molecular complexity index is 213. The van der Waals surface area contributed by atoms with Crippen LogP contribution in [0.25, 0.3) is 0 Å². The Morgan fingerprint density at radius 2 is 2.00 bits per heavy atom. The molecule has 0 fully saturated rings. The van der Waals surface area contributed by atoms with E-state index in [1.54, 1.807) is 20.9 Å². The number of nitrogens with two attached hydrogens (primary N) is 1. The number of rotatable bonds is 5. The molecule has 6 heteroatoms. The van der Waals surface area contributed by atoms with Crippen LogP contribution in [-0.2, 0) is 10.2 Å². The first-order chi connectivity index (χ1) is 5.39. The first-order valence-electron chi connectivity index (χ1n) is 3.83. The molecule has 0 aromatic heterocycles. The van der Waals surface area contributed by atoms with E-state index in [1.807, 2.05) is 0 Å². The van der Waals surface area contributed by atoms with Gasteiger partial charge in [-0.25, -0.2) is 5.14 Å². The largest absolute Gasteiger partial charge is 0.318 e. The van der Waals surface area contributed by atoms with E-state index in [4.69, 9.17) is 5.14 Å². The van der Waals surface area contributed by atoms with Crippen LogP contribution in [0.2, 0.25) is 0 Å². The Morgan fingerprint density at radius 1 is 1.50 bits per heavy atom. The molecule has 12 heavy (non-hydrogen) atoms. The fraction of sp³-hybridized carbons (Fsp3) is 1.00. The number of likely N-dealkylation sites (N-methyl/N-ethyl adjacent to an activating group) is 1. The second-order valence-electron chi connectivity index (χ2n) is 2.85. The molecule has 0 aliphatic rings. The third kappa shape index (κ3) is 4.01. The van der Waals surface area contributed by atoms with E-state index in [9.17, 15) is 8.42 Å². The molecule has 0 saturated carbocycles. The van der Waals surface area contributed by atoms with Crippen molar-refractivity contribution in [2.24, 2.45) is 5.14 Å². The first kappa shape index (κ1) is 11.8. The van der Waals surface area contributed by atoms with Gasteiger partial charge in [0.15, 0.2) is 0 Å². The molecule has 0 aromatic carbocycles. The van der Waals surface area contributed by atoms with Gasteiger partial charge in [-0.1, -0.05) is 0 Å². The summed E-state index contributed by atoms with van der Waals surface area (Å²) in [6.45, 7) is 4.60. The third-order valence-electron chi connectivity index (χ3n) is 1.49. The number of nitrogens with one attached hydrogen (secondary N) is 1. The van der Waals surface area contributed by atoms with Crippen molar-refractivity contribution in [3.05, 3.63) is 0 Å². The lowest BCUT2D eigenvalue weighted by atomic mass is 10.4. The van der Waals surface area contributed by atoms with Crippen LogP contribution < -0.4 is 10.5 Å². The van der Waals surface area contributed by atoms with Gasteiger partial charge >= 0.3 is 0 Å². The minimum atomic E-state index is -3.54. The van der Waals surface area contributed by atoms with Crippen LogP contribution >= 0.6 is 0 Å². The van der Waals surface area contributed by atoms with Crippen LogP contribution in [0.4, 0.5) is 0 Å². The van der Waals surface area contributed by atoms with E-state index in [1.165, 1.54) is 4.31 Å². The van der Waals surface area contributed by atoms with Gasteiger partial charge in [0.1, 0.15) is 0 Å². The van der Waals surface area contributed by atoms with Crippen LogP contribution in [0, 0.1) is 0 Å². The minimum absolute atomic E-state index is 0.0895. The average molecular weight is 195 g/mol. The SMILES string of the molecule is CNCCN(C(C)C)S(N)(=O)=O. The molecule has 0 spiro atoms. The van der Waals surface area contributed by atoms with Crippen LogP contribution in [0.5, 0.6) is 0 Å². The lowest BCUT2D eigenvalue weighted by Gasteiger charge is -2.22. The van der Waals surface area contributed by atoms with Gasteiger partial charge in [-0.15, -0.1) is 0 Å². The maximum atomic E-state index is 11.0. The Hall–Kier alpha value is -0.170. The molecule has 0 amide bonds. The monoisotopic (exact) mass is 195 g/mol. The fourth-order valence-corrected chi connectivity index (χ4v) is 1.83. The molecule has 0 bridgehead atoms. The number of hydrogen-bond donors (Lipinski definition) is 2. The molecule has 0 aliphatic carbocycles. The summed E-state index contributed by atoms with van der Waals surface area (Å²) in [6, 6.07) is -0.0895. The van der Waals surface area contributed by atoms with E-state index in [0.717, 1.165) is 0 Å². The topological polar surface area (TPSA) is 75.4 Å². The molecule has 0 aromatic rings. The van der Waals surface area contributed by atoms with E-state index < -0.39 is 10.2 Å². The summed E-state index contributed by atoms with van der Waals surface area (Å²) in [4.78, 5) is 0. The van der Waals surface area contributed by atoms with Gasteiger partial charge in [-0.3, -0.25) is 0 Å². The molecule has 0 saturated heterocycles. The molecular weight excluding hydrogens is 178 g/mol. The molecular formula is C6H17N3O2S. The van der Waals surface area contributed by atoms with Crippen molar-refractivity contribution in [3.8, 4) is 0 Å². The summed E-state index contributed by atoms with van der Waals surface area (Å²) in [5.41, 5.74) is 0. The molecule has 0 aliphatic heterocycles. The molecule has 0 heterocycles. The lowest BCUT2D eigenvalue weighted by Crippen LogP contribution is -2.44. The van der Waals surface area contributed by atoms with E-state index >= 15 is 0 Å². The lowest BCUT2D eigenvalue weighted by molar-refractivity contribution is 0.355. The second kappa shape index (κ2) is 4.76. The van der Waals surface area contributed by atoms with Gasteiger partial charge in [0, 0.05) is 19.1 Å². The normalized spacial score (nSPS) is 12.8. The molecule has 74 valence electrons. The maximum absolute atomic E-state index is 11.0. The minimum Gasteiger partial charge on any atom is -0.318 e. The standard InChI is InChI=1S/C6H17N3O2S/c1-6(2)9(5-4-8-3)12(7,10)11/h6,8H,4-5H2,1-3H3,(H2,7,10,11). The summed E-state index contributed by atoms with van der Waals surface area (Å²) in [5, 5.41) is 7.86. The van der Waals surface area contributed by atoms with Crippen molar-refractivity contribution in [2.45, 2.75) is 19.9 Å². The predicted molar refractivity (Wildman–Crippen MR) is 48.9 cm³/mol. The number of nitrogens with zero attached hydrogens (tertiary/aromatic N) is 1. The quantitative estimate of drug-likeness (QED) is 0.598. The van der Waals surface area contributed by atoms with Crippen LogP contribution in [0.3, 0.4) is 0 Å². The van der Waals surface area contributed by atoms with Gasteiger partial charge in [-0.2, -0.15) is 12.7 Å². The van der Waals surface area contributed by atoms with Crippen molar-refractivity contribution < 1.29 is 8.42 Å². The highest BCUT2D eigenvalue weighted by molar-refractivity contribution is 7.86. The van der Waals surface area contributed by atoms with Crippen LogP contribution in [-0.4, -0.2) is 38.9 Å². The van der Waals surface area contributed by atoms with Crippen molar-refractivity contribution >= 4 is 10.2 Å². The van der Waals surface area contributed by atoms with E-state index in [-0.39, 0.29) is 6.04 Å². The summed E-state index contributed by atoms with van der Waals surface area (Å²) in [5.74, 6) is 0. The van der Waals surface area contributed by atoms with Crippen molar-refractivity contribution in [2.75, 3.05) is 20.1 Å². The smallest absolute Gasteiger partial charge is 0.277 e. The zero-order valence-electron chi connectivity index (χ0n) is 7.74. The Morgan fingerprint density at radius 3 is 2.25 bits per heavy atom. The van der Waals surface area contributed by atoms with Crippen molar-refractivity contribution in [1.82, 2.24) is 9.62 Å². The molecule has 3 N–H and O–H groups in total. The van der Waals surface area contributed by atoms with E-state index in [0.29, 0.717) is 13.1 Å². The summed E-state index contributed by atoms with van der Waals surface area (Å²) in [7, 11) is -1.78. The molecule has 0 radical (unpaired) electrons. The molecule has 0 atom stereocenters. The maximum Gasteiger partial charge on any atom is 0.277 e. The molecule has 0 unspecified atom stereocenters. The molecule has 5 nitrogen and oxygen atoms in total. The fourth-order valence-electron chi connectivity index (χ4n) is 0.901. The highest BCUT2D eigenvalue weighted by atomic mass is 32.2. The predicted octanol–water partition coefficient (Wildman–Crippen LogP) is -0.880. The summed E-state index contributed by atoms with van der Waals surface area (Å²) in [6.07, 6.45) is 0. The zero-order valence-corrected chi connectivity index (χ0v) is 8.56. The first-order valence-corrected chi connectivity index (χ1v) is 5.34. The van der Waals surface area contributed by atoms with E-state index in [2.05, 4.69) is 5.32 Å². The Balaban J connectivity index is 4.26. The Labute approximate surface area is 74.1 Å². The zero-order chi connectivity index (χ0) is 9.78. The van der Waals surface area contributed by atoms with Gasteiger partial charge in [0.25, 0.3) is 10.2 Å². The van der Waals surface area contributed by atoms with Crippen molar-refractivity contribution in [3.63, 3.8) is 0 Å². The summed E-state index contributed by atoms with van der Waals surface area (Å²) >= 11 is 0. The highest BCUT2D eigenvalue weighted by Gasteiger charge is 2.19. The Kier molecular flexibility index (Phi) is 4.69. The van der Waals surface area contributed by atoms with Gasteiger partial charge in [-0.05, 0) is 20.9 Å².